The second-order valence-electron chi connectivity index (χ2n) is 6.93. The third kappa shape index (κ3) is 4.93. The van der Waals surface area contributed by atoms with Crippen LogP contribution in [-0.2, 0) is 10.0 Å². The van der Waals surface area contributed by atoms with Crippen molar-refractivity contribution < 1.29 is 13.2 Å². The molecule has 0 saturated carbocycles. The first-order valence-corrected chi connectivity index (χ1v) is 11.6. The molecule has 4 rings (SSSR count). The lowest BCUT2D eigenvalue weighted by Gasteiger charge is -2.13. The fourth-order valence-electron chi connectivity index (χ4n) is 3.17. The number of benzene rings is 4. The molecule has 4 aromatic rings. The zero-order valence-electron chi connectivity index (χ0n) is 16.8. The molecule has 0 aliphatic rings. The van der Waals surface area contributed by atoms with Gasteiger partial charge in [0, 0.05) is 22.3 Å². The molecule has 0 atom stereocenters. The van der Waals surface area contributed by atoms with Gasteiger partial charge in [-0.3, -0.25) is 4.79 Å². The molecule has 3 N–H and O–H groups in total. The number of anilines is 2. The lowest BCUT2D eigenvalue weighted by molar-refractivity contribution is 0.0981. The number of sulfonamides is 1. The first-order valence-electron chi connectivity index (χ1n) is 9.70. The highest BCUT2D eigenvalue weighted by Gasteiger charge is 2.18. The van der Waals surface area contributed by atoms with E-state index >= 15 is 0 Å². The van der Waals surface area contributed by atoms with Crippen molar-refractivity contribution in [1.29, 1.82) is 0 Å². The lowest BCUT2D eigenvalue weighted by Crippen LogP contribution is -2.30. The summed E-state index contributed by atoms with van der Waals surface area (Å²) in [7, 11) is -4.00. The van der Waals surface area contributed by atoms with Crippen LogP contribution in [0.4, 0.5) is 11.4 Å². The summed E-state index contributed by atoms with van der Waals surface area (Å²) in [5.74, 6) is -0.687. The van der Waals surface area contributed by atoms with Crippen LogP contribution >= 0.6 is 12.2 Å². The van der Waals surface area contributed by atoms with Crippen LogP contribution < -0.4 is 15.4 Å². The summed E-state index contributed by atoms with van der Waals surface area (Å²) >= 11 is 5.40. The minimum absolute atomic E-state index is 0.0275. The summed E-state index contributed by atoms with van der Waals surface area (Å²) < 4.78 is 27.1. The van der Waals surface area contributed by atoms with E-state index in [9.17, 15) is 13.2 Å². The minimum atomic E-state index is -4.00. The third-order valence-electron chi connectivity index (χ3n) is 4.72. The van der Waals surface area contributed by atoms with E-state index in [1.165, 1.54) is 12.1 Å². The SMILES string of the molecule is O=C(NS(=O)(=O)c1ccc(NC(=S)Nc2cccc3ccccc23)cc1)c1ccccc1. The van der Waals surface area contributed by atoms with Gasteiger partial charge in [-0.15, -0.1) is 0 Å². The molecule has 0 unspecified atom stereocenters. The average Bonchev–Trinajstić information content (AvgIpc) is 2.80. The zero-order valence-corrected chi connectivity index (χ0v) is 18.4. The molecule has 0 radical (unpaired) electrons. The first-order chi connectivity index (χ1) is 15.4. The molecule has 1 amide bonds. The number of thiocarbonyl (C=S) groups is 1. The summed E-state index contributed by atoms with van der Waals surface area (Å²) in [4.78, 5) is 12.2. The van der Waals surface area contributed by atoms with E-state index in [1.807, 2.05) is 42.5 Å². The van der Waals surface area contributed by atoms with Crippen LogP contribution in [0.25, 0.3) is 10.8 Å². The molecule has 6 nitrogen and oxygen atoms in total. The van der Waals surface area contributed by atoms with Crippen LogP contribution in [0.3, 0.4) is 0 Å². The molecular weight excluding hydrogens is 442 g/mol. The smallest absolute Gasteiger partial charge is 0.264 e. The number of amides is 1. The molecule has 160 valence electrons. The van der Waals surface area contributed by atoms with E-state index in [0.29, 0.717) is 10.8 Å². The van der Waals surface area contributed by atoms with E-state index in [4.69, 9.17) is 12.2 Å². The average molecular weight is 462 g/mol. The number of fused-ring (bicyclic) bond motifs is 1. The van der Waals surface area contributed by atoms with Gasteiger partial charge in [0.15, 0.2) is 5.11 Å². The molecule has 32 heavy (non-hydrogen) atoms. The predicted octanol–water partition coefficient (Wildman–Crippen LogP) is 4.77. The van der Waals surface area contributed by atoms with Crippen LogP contribution in [0.15, 0.2) is 102 Å². The maximum absolute atomic E-state index is 12.5. The van der Waals surface area contributed by atoms with Gasteiger partial charge < -0.3 is 10.6 Å². The van der Waals surface area contributed by atoms with Gasteiger partial charge in [0.05, 0.1) is 4.90 Å². The highest BCUT2D eigenvalue weighted by atomic mass is 32.2. The monoisotopic (exact) mass is 461 g/mol. The minimum Gasteiger partial charge on any atom is -0.332 e. The van der Waals surface area contributed by atoms with Crippen LogP contribution in [-0.4, -0.2) is 19.4 Å². The Hall–Kier alpha value is -3.75. The number of carbonyl (C=O) groups is 1. The second kappa shape index (κ2) is 9.17. The Morgan fingerprint density at radius 1 is 0.719 bits per heavy atom. The van der Waals surface area contributed by atoms with Crippen LogP contribution in [0.2, 0.25) is 0 Å². The number of hydrogen-bond acceptors (Lipinski definition) is 4. The summed E-state index contributed by atoms with van der Waals surface area (Å²) in [5.41, 5.74) is 1.73. The maximum atomic E-state index is 12.5. The highest BCUT2D eigenvalue weighted by molar-refractivity contribution is 7.90. The Bertz CT molecular complexity index is 1380. The van der Waals surface area contributed by atoms with Crippen LogP contribution in [0.5, 0.6) is 0 Å². The molecule has 0 fully saturated rings. The zero-order chi connectivity index (χ0) is 22.6. The van der Waals surface area contributed by atoms with Crippen molar-refractivity contribution in [1.82, 2.24) is 4.72 Å². The molecule has 8 heteroatoms. The van der Waals surface area contributed by atoms with Gasteiger partial charge in [-0.05, 0) is 60.1 Å². The fraction of sp³-hybridized carbons (Fsp3) is 0. The highest BCUT2D eigenvalue weighted by Crippen LogP contribution is 2.23. The molecule has 0 aliphatic heterocycles. The van der Waals surface area contributed by atoms with Crippen molar-refractivity contribution in [2.75, 3.05) is 10.6 Å². The summed E-state index contributed by atoms with van der Waals surface area (Å²) in [5, 5.41) is 8.70. The number of rotatable bonds is 5. The van der Waals surface area contributed by atoms with Crippen LogP contribution in [0, 0.1) is 0 Å². The molecule has 0 heterocycles. The lowest BCUT2D eigenvalue weighted by atomic mass is 10.1. The van der Waals surface area contributed by atoms with Gasteiger partial charge in [0.25, 0.3) is 15.9 Å². The van der Waals surface area contributed by atoms with Crippen molar-refractivity contribution in [2.24, 2.45) is 0 Å². The topological polar surface area (TPSA) is 87.3 Å². The van der Waals surface area contributed by atoms with E-state index in [0.717, 1.165) is 16.5 Å². The molecular formula is C24H19N3O3S2. The van der Waals surface area contributed by atoms with Crippen molar-refractivity contribution >= 4 is 55.4 Å². The standard InChI is InChI=1S/C24H19N3O3S2/c28-23(18-8-2-1-3-9-18)27-32(29,30)20-15-13-19(14-16-20)25-24(31)26-22-12-6-10-17-7-4-5-11-21(17)22/h1-16H,(H,27,28)(H2,25,26,31). The number of nitrogens with one attached hydrogen (secondary N) is 3. The van der Waals surface area contributed by atoms with Crippen molar-refractivity contribution in [3.05, 3.63) is 103 Å². The van der Waals surface area contributed by atoms with Crippen LogP contribution in [0.1, 0.15) is 10.4 Å². The Labute approximate surface area is 191 Å². The van der Waals surface area contributed by atoms with Gasteiger partial charge in [0.1, 0.15) is 0 Å². The van der Waals surface area contributed by atoms with E-state index in [1.54, 1.807) is 42.5 Å². The van der Waals surface area contributed by atoms with E-state index in [-0.39, 0.29) is 10.5 Å². The summed E-state index contributed by atoms with van der Waals surface area (Å²) in [6, 6.07) is 28.0. The third-order valence-corrected chi connectivity index (χ3v) is 6.27. The molecule has 0 saturated heterocycles. The van der Waals surface area contributed by atoms with Gasteiger partial charge in [0.2, 0.25) is 0 Å². The van der Waals surface area contributed by atoms with Crippen molar-refractivity contribution in [3.8, 4) is 0 Å². The Kier molecular flexibility index (Phi) is 6.16. The van der Waals surface area contributed by atoms with Gasteiger partial charge in [-0.1, -0.05) is 54.6 Å². The molecule has 0 aliphatic carbocycles. The number of carbonyl (C=O) groups excluding carboxylic acids is 1. The first kappa shape index (κ1) is 21.5. The molecule has 0 bridgehead atoms. The molecule has 0 aromatic heterocycles. The summed E-state index contributed by atoms with van der Waals surface area (Å²) in [6.07, 6.45) is 0. The predicted molar refractivity (Wildman–Crippen MR) is 131 cm³/mol. The Morgan fingerprint density at radius 2 is 1.38 bits per heavy atom. The molecule has 4 aromatic carbocycles. The second-order valence-corrected chi connectivity index (χ2v) is 9.02. The van der Waals surface area contributed by atoms with Gasteiger partial charge in [-0.2, -0.15) is 0 Å². The molecule has 0 spiro atoms. The fourth-order valence-corrected chi connectivity index (χ4v) is 4.37. The Morgan fingerprint density at radius 3 is 2.12 bits per heavy atom. The van der Waals surface area contributed by atoms with Crippen molar-refractivity contribution in [3.63, 3.8) is 0 Å². The normalized spacial score (nSPS) is 11.0. The van der Waals surface area contributed by atoms with E-state index in [2.05, 4.69) is 15.4 Å². The summed E-state index contributed by atoms with van der Waals surface area (Å²) in [6.45, 7) is 0. The largest absolute Gasteiger partial charge is 0.332 e. The van der Waals surface area contributed by atoms with Gasteiger partial charge in [-0.25, -0.2) is 13.1 Å². The quantitative estimate of drug-likeness (QED) is 0.371. The van der Waals surface area contributed by atoms with E-state index < -0.39 is 15.9 Å². The van der Waals surface area contributed by atoms with Crippen molar-refractivity contribution in [2.45, 2.75) is 4.90 Å². The maximum Gasteiger partial charge on any atom is 0.264 e. The number of hydrogen-bond donors (Lipinski definition) is 3. The van der Waals surface area contributed by atoms with Gasteiger partial charge >= 0.3 is 0 Å². The Balaban J connectivity index is 1.43.